The number of phenolic OH excluding ortho intramolecular Hbond substituents is 1. The first-order valence-corrected chi connectivity index (χ1v) is 13.1. The number of pyridine rings is 1. The first-order chi connectivity index (χ1) is 19.2. The lowest BCUT2D eigenvalue weighted by Crippen LogP contribution is -2.43. The highest BCUT2D eigenvalue weighted by Gasteiger charge is 2.48. The second kappa shape index (κ2) is 10.8. The van der Waals surface area contributed by atoms with Crippen LogP contribution in [0.1, 0.15) is 56.9 Å². The van der Waals surface area contributed by atoms with Crippen LogP contribution in [0.3, 0.4) is 0 Å². The molecule has 0 bridgehead atoms. The molecule has 2 aliphatic rings. The zero-order valence-corrected chi connectivity index (χ0v) is 22.6. The standard InChI is InChI=1S/C30H30N6O4/c1-29(2,3)40-28(38)36-11-5-6-22(36)15-30(26-19-32-9-10-34-26)27(39-24-8-4-7-23(37)13-24)14-25(35-30)21-12-20(16-31)17-33-18-21/h4,7-10,12-14,17-19,22,37H,5-6,11,15H2,1-3H3. The number of rotatable bonds is 6. The van der Waals surface area contributed by atoms with Crippen molar-refractivity contribution in [1.82, 2.24) is 19.9 Å². The number of phenols is 1. The van der Waals surface area contributed by atoms with Gasteiger partial charge in [-0.25, -0.2) is 4.79 Å². The predicted octanol–water partition coefficient (Wildman–Crippen LogP) is 4.90. The highest BCUT2D eigenvalue weighted by Crippen LogP contribution is 2.45. The summed E-state index contributed by atoms with van der Waals surface area (Å²) in [5, 5.41) is 19.5. The van der Waals surface area contributed by atoms with Crippen molar-refractivity contribution in [3.8, 4) is 17.6 Å². The van der Waals surface area contributed by atoms with Gasteiger partial charge in [0, 0.05) is 61.5 Å². The summed E-state index contributed by atoms with van der Waals surface area (Å²) in [6, 6.07) is 10.1. The molecule has 2 aliphatic heterocycles. The second-order valence-electron chi connectivity index (χ2n) is 10.8. The number of carbonyl (C=O) groups excluding carboxylic acids is 1. The highest BCUT2D eigenvalue weighted by molar-refractivity contribution is 6.11. The number of carbonyl (C=O) groups is 1. The largest absolute Gasteiger partial charge is 0.508 e. The molecule has 1 saturated heterocycles. The Balaban J connectivity index is 1.62. The molecule has 10 heteroatoms. The number of likely N-dealkylation sites (tertiary alicyclic amines) is 1. The zero-order chi connectivity index (χ0) is 28.3. The molecule has 204 valence electrons. The minimum Gasteiger partial charge on any atom is -0.508 e. The van der Waals surface area contributed by atoms with Gasteiger partial charge in [-0.1, -0.05) is 6.07 Å². The number of benzene rings is 1. The van der Waals surface area contributed by atoms with Crippen LogP contribution in [0.5, 0.6) is 11.5 Å². The lowest BCUT2D eigenvalue weighted by Gasteiger charge is -2.35. The van der Waals surface area contributed by atoms with Crippen molar-refractivity contribution in [2.45, 2.75) is 57.2 Å². The maximum absolute atomic E-state index is 13.2. The fourth-order valence-electron chi connectivity index (χ4n) is 5.01. The number of amides is 1. The zero-order valence-electron chi connectivity index (χ0n) is 22.6. The third-order valence-corrected chi connectivity index (χ3v) is 6.72. The van der Waals surface area contributed by atoms with E-state index in [9.17, 15) is 15.2 Å². The van der Waals surface area contributed by atoms with Crippen molar-refractivity contribution in [2.75, 3.05) is 6.54 Å². The van der Waals surface area contributed by atoms with E-state index in [1.807, 2.05) is 20.8 Å². The lowest BCUT2D eigenvalue weighted by atomic mass is 9.86. The molecule has 0 aliphatic carbocycles. The van der Waals surface area contributed by atoms with Crippen molar-refractivity contribution >= 4 is 11.8 Å². The van der Waals surface area contributed by atoms with E-state index in [2.05, 4.69) is 21.0 Å². The Morgan fingerprint density at radius 3 is 2.77 bits per heavy atom. The van der Waals surface area contributed by atoms with Gasteiger partial charge in [-0.2, -0.15) is 5.26 Å². The van der Waals surface area contributed by atoms with Crippen molar-refractivity contribution in [2.24, 2.45) is 4.99 Å². The van der Waals surface area contributed by atoms with Crippen molar-refractivity contribution in [1.29, 1.82) is 5.26 Å². The van der Waals surface area contributed by atoms with Crippen LogP contribution in [0.4, 0.5) is 4.79 Å². The summed E-state index contributed by atoms with van der Waals surface area (Å²) in [6.45, 7) is 6.10. The summed E-state index contributed by atoms with van der Waals surface area (Å²) in [7, 11) is 0. The fraction of sp³-hybridized carbons (Fsp3) is 0.333. The molecule has 40 heavy (non-hydrogen) atoms. The molecular formula is C30H30N6O4. The molecule has 0 spiro atoms. The summed E-state index contributed by atoms with van der Waals surface area (Å²) >= 11 is 0. The number of ether oxygens (including phenoxy) is 2. The van der Waals surface area contributed by atoms with E-state index < -0.39 is 11.1 Å². The summed E-state index contributed by atoms with van der Waals surface area (Å²) in [5.41, 5.74) is 0.329. The van der Waals surface area contributed by atoms with Crippen LogP contribution < -0.4 is 4.74 Å². The normalized spacial score (nSPS) is 20.4. The van der Waals surface area contributed by atoms with E-state index in [4.69, 9.17) is 14.5 Å². The second-order valence-corrected chi connectivity index (χ2v) is 10.8. The van der Waals surface area contributed by atoms with Crippen molar-refractivity contribution in [3.63, 3.8) is 0 Å². The fourth-order valence-corrected chi connectivity index (χ4v) is 5.01. The minimum absolute atomic E-state index is 0.0557. The number of aliphatic imine (C=N–C) groups is 1. The predicted molar refractivity (Wildman–Crippen MR) is 147 cm³/mol. The molecular weight excluding hydrogens is 508 g/mol. The number of aromatic hydroxyl groups is 1. The summed E-state index contributed by atoms with van der Waals surface area (Å²) in [4.78, 5) is 33.3. The van der Waals surface area contributed by atoms with E-state index in [-0.39, 0.29) is 17.9 Å². The van der Waals surface area contributed by atoms with E-state index in [1.165, 1.54) is 12.3 Å². The van der Waals surface area contributed by atoms with Gasteiger partial charge in [-0.15, -0.1) is 0 Å². The number of allylic oxidation sites excluding steroid dienone is 1. The topological polar surface area (TPSA) is 134 Å². The Morgan fingerprint density at radius 1 is 1.20 bits per heavy atom. The minimum atomic E-state index is -1.16. The van der Waals surface area contributed by atoms with E-state index in [0.717, 1.165) is 12.8 Å². The number of nitriles is 1. The van der Waals surface area contributed by atoms with Crippen LogP contribution in [0.15, 0.2) is 78.1 Å². The van der Waals surface area contributed by atoms with Gasteiger partial charge in [-0.3, -0.25) is 19.9 Å². The average Bonchev–Trinajstić information content (AvgIpc) is 3.54. The molecule has 1 amide bonds. The van der Waals surface area contributed by atoms with Gasteiger partial charge in [0.05, 0.1) is 23.2 Å². The smallest absolute Gasteiger partial charge is 0.410 e. The summed E-state index contributed by atoms with van der Waals surface area (Å²) in [6.07, 6.45) is 11.3. The van der Waals surface area contributed by atoms with Gasteiger partial charge in [-0.05, 0) is 51.8 Å². The van der Waals surface area contributed by atoms with Crippen LogP contribution in [0.2, 0.25) is 0 Å². The summed E-state index contributed by atoms with van der Waals surface area (Å²) in [5.74, 6) is 0.919. The third kappa shape index (κ3) is 5.64. The lowest BCUT2D eigenvalue weighted by molar-refractivity contribution is 0.0202. The molecule has 10 nitrogen and oxygen atoms in total. The Labute approximate surface area is 232 Å². The number of aromatic nitrogens is 3. The van der Waals surface area contributed by atoms with Crippen molar-refractivity contribution < 1.29 is 19.4 Å². The average molecular weight is 539 g/mol. The number of nitrogens with zero attached hydrogens (tertiary/aromatic N) is 6. The SMILES string of the molecule is CC(C)(C)OC(=O)N1CCCC1CC1(c2cnccn2)N=C(c2cncc(C#N)c2)C=C1Oc1cccc(O)c1. The van der Waals surface area contributed by atoms with Crippen LogP contribution in [-0.4, -0.2) is 55.0 Å². The monoisotopic (exact) mass is 538 g/mol. The molecule has 2 aromatic heterocycles. The highest BCUT2D eigenvalue weighted by atomic mass is 16.6. The first-order valence-electron chi connectivity index (χ1n) is 13.1. The molecule has 3 aromatic rings. The Kier molecular flexibility index (Phi) is 7.22. The van der Waals surface area contributed by atoms with Crippen molar-refractivity contribution in [3.05, 3.63) is 90.0 Å². The maximum atomic E-state index is 13.2. The van der Waals surface area contributed by atoms with Gasteiger partial charge in [0.1, 0.15) is 28.9 Å². The molecule has 1 fully saturated rings. The molecule has 1 N–H and O–H groups in total. The van der Waals surface area contributed by atoms with Gasteiger partial charge < -0.3 is 19.5 Å². The van der Waals surface area contributed by atoms with Gasteiger partial charge in [0.25, 0.3) is 0 Å². The number of hydrogen-bond donors (Lipinski definition) is 1. The maximum Gasteiger partial charge on any atom is 0.410 e. The van der Waals surface area contributed by atoms with E-state index in [1.54, 1.807) is 60.0 Å². The Morgan fingerprint density at radius 2 is 2.05 bits per heavy atom. The quantitative estimate of drug-likeness (QED) is 0.468. The van der Waals surface area contributed by atoms with Crippen LogP contribution in [-0.2, 0) is 10.3 Å². The van der Waals surface area contributed by atoms with Crippen LogP contribution in [0.25, 0.3) is 0 Å². The molecule has 0 saturated carbocycles. The molecule has 4 heterocycles. The van der Waals surface area contributed by atoms with E-state index in [0.29, 0.717) is 47.0 Å². The third-order valence-electron chi connectivity index (χ3n) is 6.72. The van der Waals surface area contributed by atoms with Gasteiger partial charge in [0.2, 0.25) is 0 Å². The number of hydrogen-bond acceptors (Lipinski definition) is 9. The molecule has 5 rings (SSSR count). The first kappa shape index (κ1) is 26.8. The van der Waals surface area contributed by atoms with E-state index >= 15 is 0 Å². The Bertz CT molecular complexity index is 1510. The van der Waals surface area contributed by atoms with Gasteiger partial charge >= 0.3 is 6.09 Å². The van der Waals surface area contributed by atoms with Crippen LogP contribution in [0, 0.1) is 11.3 Å². The molecule has 2 atom stereocenters. The molecule has 2 unspecified atom stereocenters. The van der Waals surface area contributed by atoms with Gasteiger partial charge in [0.15, 0.2) is 5.54 Å². The summed E-state index contributed by atoms with van der Waals surface area (Å²) < 4.78 is 12.1. The molecule has 1 aromatic carbocycles. The Hall–Kier alpha value is -4.78. The van der Waals surface area contributed by atoms with Crippen LogP contribution >= 0.6 is 0 Å². The molecule has 0 radical (unpaired) electrons.